The molecule has 0 atom stereocenters. The Morgan fingerprint density at radius 3 is 2.83 bits per heavy atom. The minimum Gasteiger partial charge on any atom is -0.443 e. The molecule has 0 spiro atoms. The number of rotatable bonds is 5. The van der Waals surface area contributed by atoms with Crippen LogP contribution < -0.4 is 5.32 Å². The second-order valence-electron chi connectivity index (χ2n) is 4.94. The number of hydrogen-bond acceptors (Lipinski definition) is 6. The summed E-state index contributed by atoms with van der Waals surface area (Å²) in [5.74, 6) is 0.349. The van der Waals surface area contributed by atoms with E-state index < -0.39 is 0 Å². The Balaban J connectivity index is 1.91. The van der Waals surface area contributed by atoms with Gasteiger partial charge in [0.25, 0.3) is 5.91 Å². The molecule has 6 nitrogen and oxygen atoms in total. The number of amides is 1. The topological polar surface area (TPSA) is 80.9 Å². The molecule has 0 saturated carbocycles. The van der Waals surface area contributed by atoms with Gasteiger partial charge < -0.3 is 9.73 Å². The third-order valence-corrected chi connectivity index (χ3v) is 4.04. The predicted octanol–water partition coefficient (Wildman–Crippen LogP) is 3.67. The van der Waals surface area contributed by atoms with E-state index in [0.717, 1.165) is 11.3 Å². The van der Waals surface area contributed by atoms with E-state index in [-0.39, 0.29) is 5.91 Å². The normalized spacial score (nSPS) is 10.6. The molecule has 7 heteroatoms. The number of para-hydroxylation sites is 1. The monoisotopic (exact) mass is 340 g/mol. The van der Waals surface area contributed by atoms with Crippen LogP contribution >= 0.6 is 11.8 Å². The first-order chi connectivity index (χ1) is 11.7. The molecule has 2 heterocycles. The molecule has 1 amide bonds. The van der Waals surface area contributed by atoms with Crippen molar-refractivity contribution in [3.05, 3.63) is 54.3 Å². The van der Waals surface area contributed by atoms with Gasteiger partial charge in [-0.25, -0.2) is 15.0 Å². The molecular formula is C17H16N4O2S. The van der Waals surface area contributed by atoms with Crippen LogP contribution in [0, 0.1) is 0 Å². The van der Waals surface area contributed by atoms with Crippen LogP contribution in [0.2, 0.25) is 0 Å². The van der Waals surface area contributed by atoms with Gasteiger partial charge in [-0.3, -0.25) is 4.79 Å². The van der Waals surface area contributed by atoms with Gasteiger partial charge in [-0.1, -0.05) is 30.8 Å². The summed E-state index contributed by atoms with van der Waals surface area (Å²) < 4.78 is 5.33. The molecule has 3 rings (SSSR count). The number of nitrogens with one attached hydrogen (secondary N) is 1. The van der Waals surface area contributed by atoms with Crippen molar-refractivity contribution in [1.29, 1.82) is 0 Å². The van der Waals surface area contributed by atoms with Gasteiger partial charge in [0, 0.05) is 11.8 Å². The molecular weight excluding hydrogens is 324 g/mol. The average Bonchev–Trinajstić information content (AvgIpc) is 3.16. The largest absolute Gasteiger partial charge is 0.443 e. The maximum Gasteiger partial charge on any atom is 0.259 e. The lowest BCUT2D eigenvalue weighted by molar-refractivity contribution is 0.102. The zero-order chi connectivity index (χ0) is 16.9. The Labute approximate surface area is 143 Å². The van der Waals surface area contributed by atoms with E-state index in [1.807, 2.05) is 37.4 Å². The van der Waals surface area contributed by atoms with Crippen molar-refractivity contribution in [2.24, 2.45) is 0 Å². The van der Waals surface area contributed by atoms with E-state index >= 15 is 0 Å². The maximum atomic E-state index is 12.7. The zero-order valence-electron chi connectivity index (χ0n) is 13.3. The molecule has 0 unspecified atom stereocenters. The van der Waals surface area contributed by atoms with Crippen molar-refractivity contribution in [3.8, 4) is 11.3 Å². The Kier molecular flexibility index (Phi) is 4.90. The van der Waals surface area contributed by atoms with Crippen LogP contribution in [0.25, 0.3) is 11.3 Å². The van der Waals surface area contributed by atoms with Crippen LogP contribution in [-0.2, 0) is 6.42 Å². The average molecular weight is 340 g/mol. The van der Waals surface area contributed by atoms with Gasteiger partial charge in [0.05, 0.1) is 23.1 Å². The number of oxazole rings is 1. The number of aryl methyl sites for hydroxylation is 1. The number of thioether (sulfide) groups is 1. The van der Waals surface area contributed by atoms with Gasteiger partial charge >= 0.3 is 0 Å². The molecule has 3 aromatic rings. The lowest BCUT2D eigenvalue weighted by atomic mass is 10.1. The van der Waals surface area contributed by atoms with Gasteiger partial charge in [0.15, 0.2) is 17.3 Å². The van der Waals surface area contributed by atoms with Gasteiger partial charge in [-0.2, -0.15) is 0 Å². The van der Waals surface area contributed by atoms with Crippen molar-refractivity contribution >= 4 is 23.4 Å². The van der Waals surface area contributed by atoms with Gasteiger partial charge in [-0.15, -0.1) is 0 Å². The SMILES string of the molecule is CCc1nc(SC)ncc1C(=O)Nc1ccccc1-c1cnco1. The van der Waals surface area contributed by atoms with E-state index in [4.69, 9.17) is 4.42 Å². The zero-order valence-corrected chi connectivity index (χ0v) is 14.1. The van der Waals surface area contributed by atoms with Gasteiger partial charge in [0.2, 0.25) is 0 Å². The Morgan fingerprint density at radius 1 is 1.29 bits per heavy atom. The Bertz CT molecular complexity index is 850. The number of hydrogen-bond donors (Lipinski definition) is 1. The van der Waals surface area contributed by atoms with E-state index in [1.54, 1.807) is 12.4 Å². The molecule has 1 aromatic carbocycles. The maximum absolute atomic E-state index is 12.7. The molecule has 0 aliphatic rings. The first-order valence-corrected chi connectivity index (χ1v) is 8.64. The molecule has 1 N–H and O–H groups in total. The molecule has 0 saturated heterocycles. The van der Waals surface area contributed by atoms with Crippen LogP contribution in [0.15, 0.2) is 52.6 Å². The molecule has 0 radical (unpaired) electrons. The fourth-order valence-corrected chi connectivity index (χ4v) is 2.66. The van der Waals surface area contributed by atoms with Gasteiger partial charge in [-0.05, 0) is 24.8 Å². The minimum atomic E-state index is -0.244. The molecule has 0 aliphatic heterocycles. The molecule has 24 heavy (non-hydrogen) atoms. The van der Waals surface area contributed by atoms with Crippen molar-refractivity contribution in [1.82, 2.24) is 15.0 Å². The van der Waals surface area contributed by atoms with E-state index in [2.05, 4.69) is 20.3 Å². The van der Waals surface area contributed by atoms with Crippen LogP contribution in [0.3, 0.4) is 0 Å². The standard InChI is InChI=1S/C17H16N4O2S/c1-3-13-12(8-19-17(21-13)24-2)16(22)20-14-7-5-4-6-11(14)15-9-18-10-23-15/h4-10H,3H2,1-2H3,(H,20,22). The fraction of sp³-hybridized carbons (Fsp3) is 0.176. The molecule has 0 bridgehead atoms. The first-order valence-electron chi connectivity index (χ1n) is 7.42. The van der Waals surface area contributed by atoms with E-state index in [1.165, 1.54) is 18.2 Å². The second-order valence-corrected chi connectivity index (χ2v) is 5.71. The molecule has 122 valence electrons. The number of carbonyl (C=O) groups is 1. The predicted molar refractivity (Wildman–Crippen MR) is 93.1 cm³/mol. The molecule has 2 aromatic heterocycles. The summed E-state index contributed by atoms with van der Waals surface area (Å²) >= 11 is 1.45. The van der Waals surface area contributed by atoms with Crippen molar-refractivity contribution < 1.29 is 9.21 Å². The third-order valence-electron chi connectivity index (χ3n) is 3.48. The van der Waals surface area contributed by atoms with Crippen molar-refractivity contribution in [3.63, 3.8) is 0 Å². The smallest absolute Gasteiger partial charge is 0.259 e. The molecule has 0 fully saturated rings. The van der Waals surface area contributed by atoms with Crippen LogP contribution in [0.1, 0.15) is 23.0 Å². The highest BCUT2D eigenvalue weighted by atomic mass is 32.2. The molecule has 0 aliphatic carbocycles. The lowest BCUT2D eigenvalue weighted by Gasteiger charge is -2.11. The summed E-state index contributed by atoms with van der Waals surface area (Å²) in [5, 5.41) is 3.57. The highest BCUT2D eigenvalue weighted by Gasteiger charge is 2.16. The van der Waals surface area contributed by atoms with Crippen molar-refractivity contribution in [2.75, 3.05) is 11.6 Å². The minimum absolute atomic E-state index is 0.244. The third kappa shape index (κ3) is 3.30. The van der Waals surface area contributed by atoms with Crippen LogP contribution in [-0.4, -0.2) is 27.1 Å². The van der Waals surface area contributed by atoms with Gasteiger partial charge in [0.1, 0.15) is 0 Å². The number of benzene rings is 1. The first kappa shape index (κ1) is 16.2. The second kappa shape index (κ2) is 7.27. The lowest BCUT2D eigenvalue weighted by Crippen LogP contribution is -2.16. The fourth-order valence-electron chi connectivity index (χ4n) is 2.30. The summed E-state index contributed by atoms with van der Waals surface area (Å²) in [5.41, 5.74) is 2.62. The van der Waals surface area contributed by atoms with Crippen LogP contribution in [0.4, 0.5) is 5.69 Å². The number of carbonyl (C=O) groups excluding carboxylic acids is 1. The Hall–Kier alpha value is -2.67. The number of aromatic nitrogens is 3. The van der Waals surface area contributed by atoms with E-state index in [9.17, 15) is 4.79 Å². The van der Waals surface area contributed by atoms with Crippen molar-refractivity contribution in [2.45, 2.75) is 18.5 Å². The summed E-state index contributed by atoms with van der Waals surface area (Å²) in [6, 6.07) is 7.41. The number of nitrogens with zero attached hydrogens (tertiary/aromatic N) is 3. The summed E-state index contributed by atoms with van der Waals surface area (Å²) in [4.78, 5) is 25.2. The highest BCUT2D eigenvalue weighted by Crippen LogP contribution is 2.28. The summed E-state index contributed by atoms with van der Waals surface area (Å²) in [6.07, 6.45) is 7.10. The Morgan fingerprint density at radius 2 is 2.12 bits per heavy atom. The van der Waals surface area contributed by atoms with E-state index in [0.29, 0.717) is 28.6 Å². The highest BCUT2D eigenvalue weighted by molar-refractivity contribution is 7.98. The number of anilines is 1. The summed E-state index contributed by atoms with van der Waals surface area (Å²) in [7, 11) is 0. The van der Waals surface area contributed by atoms with Crippen LogP contribution in [0.5, 0.6) is 0 Å². The quantitative estimate of drug-likeness (QED) is 0.564. The summed E-state index contributed by atoms with van der Waals surface area (Å²) in [6.45, 7) is 1.96.